The molecule has 0 aliphatic heterocycles. The van der Waals surface area contributed by atoms with Gasteiger partial charge in [-0.15, -0.1) is 16.9 Å². The highest BCUT2D eigenvalue weighted by atomic mass is 32.2. The van der Waals surface area contributed by atoms with Crippen molar-refractivity contribution in [3.63, 3.8) is 0 Å². The molecule has 1 heterocycles. The first kappa shape index (κ1) is 22.3. The van der Waals surface area contributed by atoms with Gasteiger partial charge >= 0.3 is 5.97 Å². The van der Waals surface area contributed by atoms with Crippen molar-refractivity contribution in [2.24, 2.45) is 0 Å². The van der Waals surface area contributed by atoms with Crippen LogP contribution in [0.25, 0.3) is 0 Å². The number of tetrazole rings is 1. The van der Waals surface area contributed by atoms with E-state index < -0.39 is 5.97 Å². The van der Waals surface area contributed by atoms with E-state index in [1.54, 1.807) is 16.8 Å². The molecule has 1 fully saturated rings. The lowest BCUT2D eigenvalue weighted by molar-refractivity contribution is -0.129. The van der Waals surface area contributed by atoms with Gasteiger partial charge in [-0.25, -0.2) is 9.48 Å². The summed E-state index contributed by atoms with van der Waals surface area (Å²) in [5, 5.41) is 11.4. The number of esters is 1. The highest BCUT2D eigenvalue weighted by molar-refractivity contribution is 8.00. The van der Waals surface area contributed by atoms with Crippen molar-refractivity contribution >= 4 is 23.6 Å². The minimum Gasteiger partial charge on any atom is -0.454 e. The Hall–Kier alpha value is -2.42. The summed E-state index contributed by atoms with van der Waals surface area (Å²) in [4.78, 5) is 27.9. The van der Waals surface area contributed by atoms with Crippen LogP contribution >= 0.6 is 11.8 Å². The molecular formula is C21H29N5O3S. The van der Waals surface area contributed by atoms with E-state index >= 15 is 0 Å². The Morgan fingerprint density at radius 1 is 1.23 bits per heavy atom. The third-order valence-corrected chi connectivity index (χ3v) is 6.41. The van der Waals surface area contributed by atoms with Gasteiger partial charge in [0.1, 0.15) is 0 Å². The van der Waals surface area contributed by atoms with Crippen molar-refractivity contribution in [2.75, 3.05) is 12.8 Å². The number of aryl methyl sites for hydroxylation is 1. The summed E-state index contributed by atoms with van der Waals surface area (Å²) in [6.07, 6.45) is 6.67. The summed E-state index contributed by atoms with van der Waals surface area (Å²) < 4.78 is 7.07. The summed E-state index contributed by atoms with van der Waals surface area (Å²) in [6, 6.07) is 7.54. The molecule has 0 radical (unpaired) electrons. The van der Waals surface area contributed by atoms with Gasteiger partial charge in [0.25, 0.3) is 0 Å². The molecule has 2 aromatic rings. The average Bonchev–Trinajstić information content (AvgIpc) is 3.23. The Morgan fingerprint density at radius 3 is 2.77 bits per heavy atom. The number of nitrogens with zero attached hydrogens (tertiary/aromatic N) is 5. The molecule has 8 nitrogen and oxygen atoms in total. The highest BCUT2D eigenvalue weighted by Crippen LogP contribution is 2.26. The molecule has 0 atom stereocenters. The van der Waals surface area contributed by atoms with E-state index in [0.717, 1.165) is 24.2 Å². The molecule has 3 rings (SSSR count). The van der Waals surface area contributed by atoms with E-state index in [1.807, 2.05) is 31.0 Å². The number of carbonyl (C=O) groups is 2. The lowest BCUT2D eigenvalue weighted by atomic mass is 9.94. The molecule has 1 aromatic heterocycles. The zero-order chi connectivity index (χ0) is 21.3. The first-order chi connectivity index (χ1) is 14.6. The van der Waals surface area contributed by atoms with E-state index in [9.17, 15) is 9.59 Å². The minimum absolute atomic E-state index is 0.00812. The van der Waals surface area contributed by atoms with Crippen molar-refractivity contribution in [3.8, 4) is 0 Å². The van der Waals surface area contributed by atoms with Gasteiger partial charge in [-0.2, -0.15) is 0 Å². The van der Waals surface area contributed by atoms with Gasteiger partial charge in [0.2, 0.25) is 5.91 Å². The molecule has 1 aliphatic rings. The van der Waals surface area contributed by atoms with Gasteiger partial charge in [-0.3, -0.25) is 4.79 Å². The molecule has 9 heteroatoms. The maximum atomic E-state index is 12.6. The predicted octanol–water partition coefficient (Wildman–Crippen LogP) is 3.32. The van der Waals surface area contributed by atoms with Gasteiger partial charge < -0.3 is 9.64 Å². The Balaban J connectivity index is 1.57. The zero-order valence-corrected chi connectivity index (χ0v) is 18.4. The van der Waals surface area contributed by atoms with E-state index in [1.165, 1.54) is 31.0 Å². The average molecular weight is 432 g/mol. The first-order valence-corrected chi connectivity index (χ1v) is 11.5. The number of hydrogen-bond acceptors (Lipinski definition) is 7. The van der Waals surface area contributed by atoms with Crippen LogP contribution in [0.1, 0.15) is 61.6 Å². The smallest absolute Gasteiger partial charge is 0.339 e. The van der Waals surface area contributed by atoms with Crippen LogP contribution < -0.4 is 0 Å². The van der Waals surface area contributed by atoms with Gasteiger partial charge in [0.05, 0.1) is 11.3 Å². The second kappa shape index (κ2) is 11.1. The summed E-state index contributed by atoms with van der Waals surface area (Å²) in [6.45, 7) is 2.70. The van der Waals surface area contributed by atoms with Crippen molar-refractivity contribution in [1.82, 2.24) is 25.1 Å². The van der Waals surface area contributed by atoms with Crippen molar-refractivity contribution in [3.05, 3.63) is 35.7 Å². The standard InChI is InChI=1S/C21H29N5O3S/c1-3-13-26-19(22-23-24-26)14-29-21(28)17-11-7-8-12-18(17)30-15-20(27)25(2)16-9-5-4-6-10-16/h7-8,11-12,16H,3-6,9-10,13-15H2,1-2H3. The molecule has 30 heavy (non-hydrogen) atoms. The molecule has 162 valence electrons. The Labute approximate surface area is 181 Å². The fraction of sp³-hybridized carbons (Fsp3) is 0.571. The number of amides is 1. The monoisotopic (exact) mass is 431 g/mol. The van der Waals surface area contributed by atoms with Crippen molar-refractivity contribution in [2.45, 2.75) is 69.5 Å². The van der Waals surface area contributed by atoms with Crippen molar-refractivity contribution in [1.29, 1.82) is 0 Å². The molecule has 0 bridgehead atoms. The maximum Gasteiger partial charge on any atom is 0.339 e. The number of hydrogen-bond donors (Lipinski definition) is 0. The lowest BCUT2D eigenvalue weighted by Crippen LogP contribution is -2.39. The topological polar surface area (TPSA) is 90.2 Å². The second-order valence-electron chi connectivity index (χ2n) is 7.48. The molecule has 1 saturated carbocycles. The third-order valence-electron chi connectivity index (χ3n) is 5.35. The molecule has 1 aliphatic carbocycles. The predicted molar refractivity (Wildman–Crippen MR) is 114 cm³/mol. The van der Waals surface area contributed by atoms with Crippen LogP contribution in [0.2, 0.25) is 0 Å². The third kappa shape index (κ3) is 5.81. The van der Waals surface area contributed by atoms with Crippen LogP contribution in [-0.2, 0) is 22.7 Å². The molecular weight excluding hydrogens is 402 g/mol. The van der Waals surface area contributed by atoms with Crippen LogP contribution in [-0.4, -0.2) is 55.8 Å². The van der Waals surface area contributed by atoms with Gasteiger partial charge in [-0.05, 0) is 41.8 Å². The zero-order valence-electron chi connectivity index (χ0n) is 17.6. The van der Waals surface area contributed by atoms with Crippen molar-refractivity contribution < 1.29 is 14.3 Å². The molecule has 0 spiro atoms. The number of thioether (sulfide) groups is 1. The quantitative estimate of drug-likeness (QED) is 0.444. The Kier molecular flexibility index (Phi) is 8.24. The highest BCUT2D eigenvalue weighted by Gasteiger charge is 2.23. The van der Waals surface area contributed by atoms with Gasteiger partial charge in [0, 0.05) is 24.5 Å². The van der Waals surface area contributed by atoms with Gasteiger partial charge in [0.15, 0.2) is 12.4 Å². The summed E-state index contributed by atoms with van der Waals surface area (Å²) >= 11 is 1.37. The van der Waals surface area contributed by atoms with E-state index in [0.29, 0.717) is 29.7 Å². The number of aromatic nitrogens is 4. The summed E-state index contributed by atoms with van der Waals surface area (Å²) in [7, 11) is 1.89. The Morgan fingerprint density at radius 2 is 2.00 bits per heavy atom. The number of ether oxygens (including phenoxy) is 1. The van der Waals surface area contributed by atoms with E-state index in [-0.39, 0.29) is 12.5 Å². The fourth-order valence-corrected chi connectivity index (χ4v) is 4.56. The Bertz CT molecular complexity index is 851. The SMILES string of the molecule is CCCn1nnnc1COC(=O)c1ccccc1SCC(=O)N(C)C1CCCCC1. The second-order valence-corrected chi connectivity index (χ2v) is 8.49. The van der Waals surface area contributed by atoms with Crippen LogP contribution in [0.15, 0.2) is 29.2 Å². The molecule has 0 saturated heterocycles. The molecule has 1 aromatic carbocycles. The van der Waals surface area contributed by atoms with Crippen LogP contribution in [0, 0.1) is 0 Å². The molecule has 1 amide bonds. The van der Waals surface area contributed by atoms with Crippen LogP contribution in [0.4, 0.5) is 0 Å². The minimum atomic E-state index is -0.447. The number of benzene rings is 1. The van der Waals surface area contributed by atoms with E-state index in [2.05, 4.69) is 15.5 Å². The summed E-state index contributed by atoms with van der Waals surface area (Å²) in [5.41, 5.74) is 0.449. The van der Waals surface area contributed by atoms with Crippen LogP contribution in [0.3, 0.4) is 0 Å². The molecule has 0 N–H and O–H groups in total. The lowest BCUT2D eigenvalue weighted by Gasteiger charge is -2.31. The largest absolute Gasteiger partial charge is 0.454 e. The fourth-order valence-electron chi connectivity index (χ4n) is 3.59. The maximum absolute atomic E-state index is 12.6. The first-order valence-electron chi connectivity index (χ1n) is 10.5. The van der Waals surface area contributed by atoms with Gasteiger partial charge in [-0.1, -0.05) is 38.3 Å². The normalized spacial score (nSPS) is 14.5. The van der Waals surface area contributed by atoms with E-state index in [4.69, 9.17) is 4.74 Å². The molecule has 0 unspecified atom stereocenters. The number of rotatable bonds is 9. The number of carbonyl (C=O) groups excluding carboxylic acids is 2. The summed E-state index contributed by atoms with van der Waals surface area (Å²) in [5.74, 6) is 0.456. The van der Waals surface area contributed by atoms with Crippen LogP contribution in [0.5, 0.6) is 0 Å².